The molecule has 0 bridgehead atoms. The molecule has 1 N–H and O–H groups in total. The van der Waals surface area contributed by atoms with Crippen LogP contribution in [0.2, 0.25) is 0 Å². The molecule has 1 aliphatic rings. The fourth-order valence-electron chi connectivity index (χ4n) is 3.76. The van der Waals surface area contributed by atoms with Gasteiger partial charge in [0.25, 0.3) is 5.91 Å². The van der Waals surface area contributed by atoms with Crippen molar-refractivity contribution in [3.63, 3.8) is 0 Å². The number of pyridine rings is 1. The Hall–Kier alpha value is -3.09. The van der Waals surface area contributed by atoms with Gasteiger partial charge in [-0.2, -0.15) is 0 Å². The minimum atomic E-state index is -1.26. The van der Waals surface area contributed by atoms with Crippen molar-refractivity contribution in [2.24, 2.45) is 0 Å². The highest BCUT2D eigenvalue weighted by Crippen LogP contribution is 2.31. The lowest BCUT2D eigenvalue weighted by Crippen LogP contribution is -2.35. The summed E-state index contributed by atoms with van der Waals surface area (Å²) in [6, 6.07) is 6.70. The number of aromatic nitrogens is 1. The van der Waals surface area contributed by atoms with Crippen molar-refractivity contribution in [3.8, 4) is 0 Å². The Kier molecular flexibility index (Phi) is 5.13. The molecule has 1 saturated heterocycles. The maximum atomic E-state index is 14.1. The summed E-state index contributed by atoms with van der Waals surface area (Å²) >= 11 is 0. The highest BCUT2D eigenvalue weighted by Gasteiger charge is 2.22. The van der Waals surface area contributed by atoms with E-state index >= 15 is 0 Å². The summed E-state index contributed by atoms with van der Waals surface area (Å²) in [5.41, 5.74) is 1.13. The molecule has 7 heteroatoms. The number of rotatable bonds is 3. The fourth-order valence-corrected chi connectivity index (χ4v) is 3.76. The predicted molar refractivity (Wildman–Crippen MR) is 106 cm³/mol. The number of carbonyl (C=O) groups excluding carboxylic acids is 1. The van der Waals surface area contributed by atoms with Crippen LogP contribution in [0, 0.1) is 24.4 Å². The highest BCUT2D eigenvalue weighted by atomic mass is 19.2. The Morgan fingerprint density at radius 3 is 2.52 bits per heavy atom. The van der Waals surface area contributed by atoms with Crippen molar-refractivity contribution < 1.29 is 18.0 Å². The monoisotopic (exact) mass is 399 g/mol. The van der Waals surface area contributed by atoms with Gasteiger partial charge in [0.1, 0.15) is 11.6 Å². The summed E-state index contributed by atoms with van der Waals surface area (Å²) < 4.78 is 40.9. The Morgan fingerprint density at radius 1 is 1.03 bits per heavy atom. The fraction of sp³-hybridized carbons (Fsp3) is 0.273. The van der Waals surface area contributed by atoms with Crippen molar-refractivity contribution in [3.05, 3.63) is 65.1 Å². The molecule has 1 amide bonds. The van der Waals surface area contributed by atoms with E-state index in [2.05, 4.69) is 10.3 Å². The molecule has 0 aliphatic carbocycles. The van der Waals surface area contributed by atoms with Gasteiger partial charge in [0.05, 0.1) is 11.3 Å². The van der Waals surface area contributed by atoms with E-state index in [1.165, 1.54) is 6.20 Å². The van der Waals surface area contributed by atoms with E-state index in [4.69, 9.17) is 0 Å². The van der Waals surface area contributed by atoms with Crippen LogP contribution in [0.5, 0.6) is 0 Å². The summed E-state index contributed by atoms with van der Waals surface area (Å²) in [5, 5.41) is 4.06. The van der Waals surface area contributed by atoms with Gasteiger partial charge in [-0.15, -0.1) is 0 Å². The number of anilines is 2. The summed E-state index contributed by atoms with van der Waals surface area (Å²) in [4.78, 5) is 19.2. The first kappa shape index (κ1) is 19.2. The molecule has 29 heavy (non-hydrogen) atoms. The van der Waals surface area contributed by atoms with E-state index in [0.717, 1.165) is 30.9 Å². The molecule has 0 radical (unpaired) electrons. The van der Waals surface area contributed by atoms with Gasteiger partial charge in [0.2, 0.25) is 0 Å². The van der Waals surface area contributed by atoms with Gasteiger partial charge in [-0.3, -0.25) is 4.79 Å². The van der Waals surface area contributed by atoms with Crippen LogP contribution in [0.3, 0.4) is 0 Å². The topological polar surface area (TPSA) is 45.2 Å². The second-order valence-electron chi connectivity index (χ2n) is 7.24. The van der Waals surface area contributed by atoms with Gasteiger partial charge in [0.15, 0.2) is 11.6 Å². The second kappa shape index (κ2) is 7.73. The van der Waals surface area contributed by atoms with Gasteiger partial charge in [-0.05, 0) is 31.7 Å². The van der Waals surface area contributed by atoms with Crippen molar-refractivity contribution in [2.75, 3.05) is 18.4 Å². The van der Waals surface area contributed by atoms with E-state index in [1.54, 1.807) is 12.1 Å². The van der Waals surface area contributed by atoms with Gasteiger partial charge >= 0.3 is 0 Å². The third-order valence-corrected chi connectivity index (χ3v) is 5.26. The van der Waals surface area contributed by atoms with Gasteiger partial charge in [0, 0.05) is 42.2 Å². The van der Waals surface area contributed by atoms with Crippen LogP contribution >= 0.6 is 0 Å². The molecule has 1 aliphatic heterocycles. The van der Waals surface area contributed by atoms with Gasteiger partial charge in [-0.1, -0.05) is 18.2 Å². The van der Waals surface area contributed by atoms with Crippen LogP contribution in [0.1, 0.15) is 35.2 Å². The Bertz CT molecular complexity index is 1090. The van der Waals surface area contributed by atoms with Crippen molar-refractivity contribution in [2.45, 2.75) is 26.2 Å². The number of aryl methyl sites for hydroxylation is 1. The summed E-state index contributed by atoms with van der Waals surface area (Å²) in [5.74, 6) is -3.17. The van der Waals surface area contributed by atoms with E-state index < -0.39 is 17.5 Å². The van der Waals surface area contributed by atoms with E-state index in [9.17, 15) is 18.0 Å². The zero-order valence-corrected chi connectivity index (χ0v) is 15.9. The molecule has 1 fully saturated rings. The van der Waals surface area contributed by atoms with Crippen molar-refractivity contribution >= 4 is 28.2 Å². The molecule has 0 atom stereocenters. The standard InChI is InChI=1S/C22H20F3N3O/c1-13-6-5-7-14-20(13)15(22(29)28-8-3-2-4-9-28)12-26-21(14)27-19-11-17(24)16(23)10-18(19)25/h5-7,10-12H,2-4,8-9H2,1H3,(H,26,27). The third kappa shape index (κ3) is 3.64. The maximum absolute atomic E-state index is 14.1. The van der Waals surface area contributed by atoms with Crippen LogP contribution in [-0.4, -0.2) is 28.9 Å². The molecule has 150 valence electrons. The van der Waals surface area contributed by atoms with Gasteiger partial charge in [-0.25, -0.2) is 18.2 Å². The summed E-state index contributed by atoms with van der Waals surface area (Å²) in [6.45, 7) is 3.32. The van der Waals surface area contributed by atoms with Crippen molar-refractivity contribution in [1.29, 1.82) is 0 Å². The number of carbonyl (C=O) groups is 1. The van der Waals surface area contributed by atoms with Gasteiger partial charge < -0.3 is 10.2 Å². The molecule has 4 nitrogen and oxygen atoms in total. The number of piperidine rings is 1. The number of nitrogens with one attached hydrogen (secondary N) is 1. The zero-order chi connectivity index (χ0) is 20.5. The largest absolute Gasteiger partial charge is 0.339 e. The number of benzene rings is 2. The summed E-state index contributed by atoms with van der Waals surface area (Å²) in [6.07, 6.45) is 4.53. The minimum Gasteiger partial charge on any atom is -0.339 e. The number of hydrogen-bond acceptors (Lipinski definition) is 3. The molecule has 4 rings (SSSR count). The lowest BCUT2D eigenvalue weighted by molar-refractivity contribution is 0.0726. The number of amides is 1. The van der Waals surface area contributed by atoms with Crippen LogP contribution < -0.4 is 5.32 Å². The number of likely N-dealkylation sites (tertiary alicyclic amines) is 1. The zero-order valence-electron chi connectivity index (χ0n) is 15.9. The highest BCUT2D eigenvalue weighted by molar-refractivity contribution is 6.10. The first-order valence-electron chi connectivity index (χ1n) is 9.55. The SMILES string of the molecule is Cc1cccc2c(Nc3cc(F)c(F)cc3F)ncc(C(=O)N3CCCCC3)c12. The average molecular weight is 399 g/mol. The Balaban J connectivity index is 1.79. The molecule has 3 aromatic rings. The van der Waals surface area contributed by atoms with Crippen LogP contribution in [0.4, 0.5) is 24.7 Å². The first-order chi connectivity index (χ1) is 14.0. The Morgan fingerprint density at radius 2 is 1.76 bits per heavy atom. The summed E-state index contributed by atoms with van der Waals surface area (Å²) in [7, 11) is 0. The molecule has 0 saturated carbocycles. The second-order valence-corrected chi connectivity index (χ2v) is 7.24. The molecule has 2 heterocycles. The molecule has 2 aromatic carbocycles. The number of halogens is 3. The molecular weight excluding hydrogens is 379 g/mol. The molecule has 0 unspecified atom stereocenters. The smallest absolute Gasteiger partial charge is 0.256 e. The molecule has 0 spiro atoms. The van der Waals surface area contributed by atoms with E-state index in [0.29, 0.717) is 35.5 Å². The quantitative estimate of drug-likeness (QED) is 0.606. The lowest BCUT2D eigenvalue weighted by atomic mass is 10.00. The van der Waals surface area contributed by atoms with Crippen LogP contribution in [-0.2, 0) is 0 Å². The number of hydrogen-bond donors (Lipinski definition) is 1. The Labute approximate surface area is 166 Å². The average Bonchev–Trinajstić information content (AvgIpc) is 2.72. The number of fused-ring (bicyclic) bond motifs is 1. The van der Waals surface area contributed by atoms with Crippen LogP contribution in [0.25, 0.3) is 10.8 Å². The van der Waals surface area contributed by atoms with E-state index in [-0.39, 0.29) is 17.4 Å². The molecular formula is C22H20F3N3O. The normalized spacial score (nSPS) is 14.3. The third-order valence-electron chi connectivity index (χ3n) is 5.26. The minimum absolute atomic E-state index is 0.0814. The van der Waals surface area contributed by atoms with Crippen molar-refractivity contribution in [1.82, 2.24) is 9.88 Å². The van der Waals surface area contributed by atoms with Crippen LogP contribution in [0.15, 0.2) is 36.5 Å². The number of nitrogens with zero attached hydrogens (tertiary/aromatic N) is 2. The predicted octanol–water partition coefficient (Wildman–Crippen LogP) is 5.33. The lowest BCUT2D eigenvalue weighted by Gasteiger charge is -2.27. The molecule has 1 aromatic heterocycles. The maximum Gasteiger partial charge on any atom is 0.256 e. The first-order valence-corrected chi connectivity index (χ1v) is 9.55. The van der Waals surface area contributed by atoms with E-state index in [1.807, 2.05) is 17.9 Å².